The molecule has 0 aliphatic carbocycles. The maximum atomic E-state index is 6.36. The number of hydrogen-bond acceptors (Lipinski definition) is 2. The normalized spacial score (nSPS) is 12.2. The Morgan fingerprint density at radius 1 is 1.10 bits per heavy atom. The highest BCUT2D eigenvalue weighted by atomic mass is 79.9. The van der Waals surface area contributed by atoms with Gasteiger partial charge in [0, 0.05) is 4.47 Å². The number of nitrogens with two attached hydrogens (primary N) is 1. The number of ether oxygens (including phenoxy) is 1. The topological polar surface area (TPSA) is 35.2 Å². The Morgan fingerprint density at radius 2 is 1.85 bits per heavy atom. The van der Waals surface area contributed by atoms with Crippen LogP contribution in [0.15, 0.2) is 45.3 Å². The zero-order valence-electron chi connectivity index (χ0n) is 11.5. The first-order chi connectivity index (χ1) is 9.51. The van der Waals surface area contributed by atoms with Crippen LogP contribution in [0.1, 0.15) is 29.7 Å². The molecule has 1 unspecified atom stereocenters. The fourth-order valence-electron chi connectivity index (χ4n) is 2.12. The first-order valence-electron chi connectivity index (χ1n) is 6.46. The molecule has 0 aromatic heterocycles. The lowest BCUT2D eigenvalue weighted by Gasteiger charge is -2.15. The van der Waals surface area contributed by atoms with Gasteiger partial charge in [-0.3, -0.25) is 0 Å². The summed E-state index contributed by atoms with van der Waals surface area (Å²) in [5, 5.41) is 0. The lowest BCUT2D eigenvalue weighted by Crippen LogP contribution is -2.12. The maximum Gasteiger partial charge on any atom is 0.133 e. The monoisotopic (exact) mass is 397 g/mol. The van der Waals surface area contributed by atoms with Crippen LogP contribution in [0.2, 0.25) is 0 Å². The van der Waals surface area contributed by atoms with Crippen molar-refractivity contribution in [2.45, 2.75) is 19.9 Å². The first kappa shape index (κ1) is 15.5. The smallest absolute Gasteiger partial charge is 0.133 e. The van der Waals surface area contributed by atoms with E-state index in [-0.39, 0.29) is 6.04 Å². The van der Waals surface area contributed by atoms with Gasteiger partial charge in [-0.1, -0.05) is 28.1 Å². The van der Waals surface area contributed by atoms with Crippen molar-refractivity contribution in [2.24, 2.45) is 5.73 Å². The molecule has 2 aromatic rings. The molecule has 0 amide bonds. The van der Waals surface area contributed by atoms with Crippen LogP contribution in [0.25, 0.3) is 0 Å². The molecule has 2 rings (SSSR count). The van der Waals surface area contributed by atoms with Crippen LogP contribution in [-0.2, 0) is 0 Å². The first-order valence-corrected chi connectivity index (χ1v) is 8.04. The third-order valence-electron chi connectivity index (χ3n) is 3.04. The van der Waals surface area contributed by atoms with Crippen molar-refractivity contribution < 1.29 is 4.74 Å². The predicted octanol–water partition coefficient (Wildman–Crippen LogP) is 4.97. The molecule has 0 saturated carbocycles. The third kappa shape index (κ3) is 3.62. The van der Waals surface area contributed by atoms with Crippen LogP contribution < -0.4 is 10.5 Å². The summed E-state index contributed by atoms with van der Waals surface area (Å²) in [6.45, 7) is 4.68. The molecule has 0 bridgehead atoms. The summed E-state index contributed by atoms with van der Waals surface area (Å²) >= 11 is 7.04. The molecule has 2 N–H and O–H groups in total. The summed E-state index contributed by atoms with van der Waals surface area (Å²) in [7, 11) is 0. The van der Waals surface area contributed by atoms with E-state index in [1.54, 1.807) is 0 Å². The van der Waals surface area contributed by atoms with E-state index in [1.807, 2.05) is 25.1 Å². The Morgan fingerprint density at radius 3 is 2.45 bits per heavy atom. The molecule has 0 spiro atoms. The van der Waals surface area contributed by atoms with Gasteiger partial charge in [0.05, 0.1) is 17.1 Å². The van der Waals surface area contributed by atoms with Crippen molar-refractivity contribution in [1.82, 2.24) is 0 Å². The van der Waals surface area contributed by atoms with E-state index < -0.39 is 0 Å². The van der Waals surface area contributed by atoms with Crippen LogP contribution in [0.4, 0.5) is 0 Å². The number of benzene rings is 2. The fraction of sp³-hybridized carbons (Fsp3) is 0.250. The van der Waals surface area contributed by atoms with Gasteiger partial charge in [-0.25, -0.2) is 0 Å². The molecule has 0 aliphatic rings. The van der Waals surface area contributed by atoms with Gasteiger partial charge < -0.3 is 10.5 Å². The molecule has 0 radical (unpaired) electrons. The second-order valence-electron chi connectivity index (χ2n) is 4.66. The van der Waals surface area contributed by atoms with Crippen molar-refractivity contribution in [3.8, 4) is 5.75 Å². The average molecular weight is 399 g/mol. The highest BCUT2D eigenvalue weighted by Gasteiger charge is 2.12. The van der Waals surface area contributed by atoms with Crippen LogP contribution >= 0.6 is 31.9 Å². The van der Waals surface area contributed by atoms with Crippen molar-refractivity contribution in [1.29, 1.82) is 0 Å². The molecular formula is C16H17Br2NO. The third-order valence-corrected chi connectivity index (χ3v) is 4.12. The molecule has 0 heterocycles. The van der Waals surface area contributed by atoms with Crippen LogP contribution in [0.5, 0.6) is 5.75 Å². The quantitative estimate of drug-likeness (QED) is 0.789. The molecule has 0 fully saturated rings. The summed E-state index contributed by atoms with van der Waals surface area (Å²) in [4.78, 5) is 0. The zero-order valence-corrected chi connectivity index (χ0v) is 14.7. The summed E-state index contributed by atoms with van der Waals surface area (Å²) in [5.74, 6) is 0.842. The maximum absolute atomic E-state index is 6.36. The molecule has 0 aliphatic heterocycles. The van der Waals surface area contributed by atoms with Gasteiger partial charge in [0.2, 0.25) is 0 Å². The van der Waals surface area contributed by atoms with Gasteiger partial charge in [0.25, 0.3) is 0 Å². The lowest BCUT2D eigenvalue weighted by molar-refractivity contribution is 0.338. The van der Waals surface area contributed by atoms with E-state index in [9.17, 15) is 0 Å². The minimum atomic E-state index is -0.154. The molecule has 20 heavy (non-hydrogen) atoms. The van der Waals surface area contributed by atoms with Gasteiger partial charge in [-0.05, 0) is 70.7 Å². The van der Waals surface area contributed by atoms with Crippen molar-refractivity contribution in [2.75, 3.05) is 6.61 Å². The average Bonchev–Trinajstić information content (AvgIpc) is 2.39. The molecule has 4 heteroatoms. The molecule has 2 aromatic carbocycles. The summed E-state index contributed by atoms with van der Waals surface area (Å²) < 4.78 is 7.50. The zero-order chi connectivity index (χ0) is 14.7. The highest BCUT2D eigenvalue weighted by Crippen LogP contribution is 2.31. The SMILES string of the molecule is CCOc1ccc(C(N)c2cc(C)cc(Br)c2)cc1Br. The Bertz CT molecular complexity index is 593. The van der Waals surface area contributed by atoms with Crippen molar-refractivity contribution in [3.05, 3.63) is 62.0 Å². The van der Waals surface area contributed by atoms with Gasteiger partial charge in [-0.15, -0.1) is 0 Å². The Labute approximate surface area is 136 Å². The Kier molecular flexibility index (Phi) is 5.24. The van der Waals surface area contributed by atoms with Crippen molar-refractivity contribution in [3.63, 3.8) is 0 Å². The van der Waals surface area contributed by atoms with Gasteiger partial charge in [-0.2, -0.15) is 0 Å². The van der Waals surface area contributed by atoms with Crippen LogP contribution in [-0.4, -0.2) is 6.61 Å². The van der Waals surface area contributed by atoms with E-state index in [1.165, 1.54) is 5.56 Å². The number of halogens is 2. The van der Waals surface area contributed by atoms with Crippen molar-refractivity contribution >= 4 is 31.9 Å². The number of aryl methyl sites for hydroxylation is 1. The standard InChI is InChI=1S/C16H17Br2NO/c1-3-20-15-5-4-11(9-14(15)18)16(19)12-6-10(2)7-13(17)8-12/h4-9,16H,3,19H2,1-2H3. The molecule has 1 atom stereocenters. The summed E-state index contributed by atoms with van der Waals surface area (Å²) in [6.07, 6.45) is 0. The van der Waals surface area contributed by atoms with Gasteiger partial charge in [0.1, 0.15) is 5.75 Å². The second-order valence-corrected chi connectivity index (χ2v) is 6.43. The minimum Gasteiger partial charge on any atom is -0.493 e. The molecular weight excluding hydrogens is 382 g/mol. The van der Waals surface area contributed by atoms with Crippen LogP contribution in [0, 0.1) is 6.92 Å². The molecule has 2 nitrogen and oxygen atoms in total. The van der Waals surface area contributed by atoms with E-state index in [0.717, 1.165) is 25.8 Å². The Balaban J connectivity index is 2.33. The number of hydrogen-bond donors (Lipinski definition) is 1. The summed E-state index contributed by atoms with van der Waals surface area (Å²) in [6, 6.07) is 12.1. The second kappa shape index (κ2) is 6.74. The molecule has 0 saturated heterocycles. The van der Waals surface area contributed by atoms with Crippen LogP contribution in [0.3, 0.4) is 0 Å². The van der Waals surface area contributed by atoms with E-state index in [2.05, 4.69) is 57.0 Å². The fourth-order valence-corrected chi connectivity index (χ4v) is 3.26. The lowest BCUT2D eigenvalue weighted by atomic mass is 9.98. The minimum absolute atomic E-state index is 0.154. The van der Waals surface area contributed by atoms with E-state index in [4.69, 9.17) is 10.5 Å². The largest absolute Gasteiger partial charge is 0.493 e. The van der Waals surface area contributed by atoms with E-state index >= 15 is 0 Å². The van der Waals surface area contributed by atoms with Gasteiger partial charge in [0.15, 0.2) is 0 Å². The van der Waals surface area contributed by atoms with E-state index in [0.29, 0.717) is 6.61 Å². The summed E-state index contributed by atoms with van der Waals surface area (Å²) in [5.41, 5.74) is 9.70. The number of rotatable bonds is 4. The highest BCUT2D eigenvalue weighted by molar-refractivity contribution is 9.10. The Hall–Kier alpha value is -0.840. The van der Waals surface area contributed by atoms with Gasteiger partial charge >= 0.3 is 0 Å². The predicted molar refractivity (Wildman–Crippen MR) is 90.2 cm³/mol. The molecule has 106 valence electrons.